The third-order valence-corrected chi connectivity index (χ3v) is 2.58. The second-order valence-electron chi connectivity index (χ2n) is 4.60. The van der Waals surface area contributed by atoms with Gasteiger partial charge in [0.2, 0.25) is 0 Å². The molecule has 0 heterocycles. The SMILES string of the molecule is CC.CC(C)C(=O)C1CCCCC1.CCC. The molecule has 1 aliphatic carbocycles. The molecule has 0 radical (unpaired) electrons. The number of carbonyl (C=O) groups excluding carboxylic acids is 1. The molecule has 0 N–H and O–H groups in total. The quantitative estimate of drug-likeness (QED) is 0.632. The molecule has 1 nitrogen and oxygen atoms in total. The summed E-state index contributed by atoms with van der Waals surface area (Å²) >= 11 is 0. The van der Waals surface area contributed by atoms with Gasteiger partial charge in [-0.05, 0) is 12.8 Å². The topological polar surface area (TPSA) is 17.1 Å². The van der Waals surface area contributed by atoms with Gasteiger partial charge in [-0.15, -0.1) is 0 Å². The largest absolute Gasteiger partial charge is 0.299 e. The van der Waals surface area contributed by atoms with Gasteiger partial charge in [0.05, 0.1) is 0 Å². The highest BCUT2D eigenvalue weighted by molar-refractivity contribution is 5.82. The maximum atomic E-state index is 11.5. The number of hydrogen-bond donors (Lipinski definition) is 0. The number of Topliss-reactive ketones (excluding diaryl/α,β-unsaturated/α-hetero) is 1. The Labute approximate surface area is 103 Å². The molecule has 0 aromatic carbocycles. The summed E-state index contributed by atoms with van der Waals surface area (Å²) < 4.78 is 0. The van der Waals surface area contributed by atoms with E-state index in [0.29, 0.717) is 11.7 Å². The molecule has 1 saturated carbocycles. The monoisotopic (exact) mass is 228 g/mol. The van der Waals surface area contributed by atoms with Crippen LogP contribution in [0.5, 0.6) is 0 Å². The van der Waals surface area contributed by atoms with Crippen LogP contribution in [0.15, 0.2) is 0 Å². The van der Waals surface area contributed by atoms with Crippen LogP contribution in [0.1, 0.15) is 80.1 Å². The van der Waals surface area contributed by atoms with Gasteiger partial charge in [0.15, 0.2) is 0 Å². The predicted octanol–water partition coefficient (Wildman–Crippen LogP) is 5.23. The summed E-state index contributed by atoms with van der Waals surface area (Å²) in [5.41, 5.74) is 0. The van der Waals surface area contributed by atoms with Crippen LogP contribution < -0.4 is 0 Å². The van der Waals surface area contributed by atoms with E-state index in [4.69, 9.17) is 0 Å². The summed E-state index contributed by atoms with van der Waals surface area (Å²) in [6.07, 6.45) is 7.42. The molecule has 0 amide bonds. The van der Waals surface area contributed by atoms with Crippen molar-refractivity contribution in [1.82, 2.24) is 0 Å². The van der Waals surface area contributed by atoms with E-state index in [1.165, 1.54) is 25.7 Å². The molecule has 0 bridgehead atoms. The lowest BCUT2D eigenvalue weighted by Gasteiger charge is -2.21. The summed E-state index contributed by atoms with van der Waals surface area (Å²) in [7, 11) is 0. The van der Waals surface area contributed by atoms with Gasteiger partial charge in [-0.2, -0.15) is 0 Å². The molecule has 1 rings (SSSR count). The summed E-state index contributed by atoms with van der Waals surface area (Å²) in [4.78, 5) is 11.5. The van der Waals surface area contributed by atoms with Crippen molar-refractivity contribution in [3.63, 3.8) is 0 Å². The van der Waals surface area contributed by atoms with Gasteiger partial charge in [0.25, 0.3) is 0 Å². The van der Waals surface area contributed by atoms with Crippen molar-refractivity contribution in [1.29, 1.82) is 0 Å². The summed E-state index contributed by atoms with van der Waals surface area (Å²) in [6.45, 7) is 12.3. The Balaban J connectivity index is 0. The van der Waals surface area contributed by atoms with E-state index in [-0.39, 0.29) is 5.92 Å². The lowest BCUT2D eigenvalue weighted by atomic mass is 9.83. The fraction of sp³-hybridized carbons (Fsp3) is 0.933. The Bertz CT molecular complexity index is 144. The number of rotatable bonds is 2. The molecule has 0 atom stereocenters. The molecule has 0 aromatic heterocycles. The van der Waals surface area contributed by atoms with Crippen molar-refractivity contribution in [2.24, 2.45) is 11.8 Å². The van der Waals surface area contributed by atoms with E-state index >= 15 is 0 Å². The third-order valence-electron chi connectivity index (χ3n) is 2.58. The molecule has 16 heavy (non-hydrogen) atoms. The Morgan fingerprint density at radius 2 is 1.44 bits per heavy atom. The molecule has 0 aliphatic heterocycles. The molecule has 1 heteroatoms. The van der Waals surface area contributed by atoms with E-state index in [2.05, 4.69) is 13.8 Å². The normalized spacial score (nSPS) is 15.7. The van der Waals surface area contributed by atoms with E-state index in [1.54, 1.807) is 0 Å². The van der Waals surface area contributed by atoms with E-state index in [0.717, 1.165) is 12.8 Å². The second-order valence-corrected chi connectivity index (χ2v) is 4.60. The number of hydrogen-bond acceptors (Lipinski definition) is 1. The van der Waals surface area contributed by atoms with Crippen molar-refractivity contribution >= 4 is 5.78 Å². The van der Waals surface area contributed by atoms with Gasteiger partial charge >= 0.3 is 0 Å². The fourth-order valence-corrected chi connectivity index (χ4v) is 1.86. The van der Waals surface area contributed by atoms with Gasteiger partial charge in [0, 0.05) is 11.8 Å². The average Bonchev–Trinajstić information content (AvgIpc) is 2.33. The second kappa shape index (κ2) is 12.7. The lowest BCUT2D eigenvalue weighted by Crippen LogP contribution is -2.21. The van der Waals surface area contributed by atoms with Crippen LogP contribution in [0, 0.1) is 11.8 Å². The van der Waals surface area contributed by atoms with Gasteiger partial charge in [-0.3, -0.25) is 4.79 Å². The average molecular weight is 228 g/mol. The van der Waals surface area contributed by atoms with Gasteiger partial charge in [-0.1, -0.05) is 67.2 Å². The minimum Gasteiger partial charge on any atom is -0.299 e. The van der Waals surface area contributed by atoms with Gasteiger partial charge < -0.3 is 0 Å². The highest BCUT2D eigenvalue weighted by atomic mass is 16.1. The molecule has 1 fully saturated rings. The minimum absolute atomic E-state index is 0.248. The summed E-state index contributed by atoms with van der Waals surface area (Å²) in [6, 6.07) is 0. The number of ketones is 1. The molecular weight excluding hydrogens is 196 g/mol. The maximum absolute atomic E-state index is 11.5. The Morgan fingerprint density at radius 3 is 1.75 bits per heavy atom. The molecule has 0 saturated heterocycles. The van der Waals surface area contributed by atoms with Crippen molar-refractivity contribution in [3.05, 3.63) is 0 Å². The smallest absolute Gasteiger partial charge is 0.138 e. The van der Waals surface area contributed by atoms with Crippen LogP contribution >= 0.6 is 0 Å². The standard InChI is InChI=1S/C10H18O.C3H8.C2H6/c1-8(2)10(11)9-6-4-3-5-7-9;1-3-2;1-2/h8-9H,3-7H2,1-2H3;3H2,1-2H3;1-2H3. The highest BCUT2D eigenvalue weighted by Gasteiger charge is 2.22. The van der Waals surface area contributed by atoms with Gasteiger partial charge in [0.1, 0.15) is 5.78 Å². The minimum atomic E-state index is 0.248. The van der Waals surface area contributed by atoms with Crippen LogP contribution in [0.2, 0.25) is 0 Å². The first-order valence-electron chi connectivity index (χ1n) is 7.17. The van der Waals surface area contributed by atoms with Crippen LogP contribution in [0.4, 0.5) is 0 Å². The predicted molar refractivity (Wildman–Crippen MR) is 73.7 cm³/mol. The molecule has 98 valence electrons. The van der Waals surface area contributed by atoms with Crippen molar-refractivity contribution in [2.75, 3.05) is 0 Å². The molecule has 1 aliphatic rings. The van der Waals surface area contributed by atoms with Crippen LogP contribution in [0.3, 0.4) is 0 Å². The maximum Gasteiger partial charge on any atom is 0.138 e. The third kappa shape index (κ3) is 8.94. The van der Waals surface area contributed by atoms with E-state index < -0.39 is 0 Å². The molecule has 0 unspecified atom stereocenters. The first-order valence-corrected chi connectivity index (χ1v) is 7.17. The highest BCUT2D eigenvalue weighted by Crippen LogP contribution is 2.26. The lowest BCUT2D eigenvalue weighted by molar-refractivity contribution is -0.126. The molecule has 0 aromatic rings. The van der Waals surface area contributed by atoms with Crippen LogP contribution in [-0.4, -0.2) is 5.78 Å². The Kier molecular flexibility index (Phi) is 14.4. The van der Waals surface area contributed by atoms with Crippen molar-refractivity contribution in [2.45, 2.75) is 80.1 Å². The van der Waals surface area contributed by atoms with Crippen LogP contribution in [-0.2, 0) is 4.79 Å². The first-order chi connectivity index (χ1) is 7.63. The zero-order valence-corrected chi connectivity index (χ0v) is 12.3. The van der Waals surface area contributed by atoms with Crippen molar-refractivity contribution < 1.29 is 4.79 Å². The zero-order chi connectivity index (χ0) is 13.0. The van der Waals surface area contributed by atoms with Crippen LogP contribution in [0.25, 0.3) is 0 Å². The first kappa shape index (κ1) is 18.0. The summed E-state index contributed by atoms with van der Waals surface area (Å²) in [5, 5.41) is 0. The molecule has 0 spiro atoms. The van der Waals surface area contributed by atoms with E-state index in [9.17, 15) is 4.79 Å². The number of carbonyl (C=O) groups is 1. The zero-order valence-electron chi connectivity index (χ0n) is 12.3. The summed E-state index contributed by atoms with van der Waals surface area (Å²) in [5.74, 6) is 1.14. The van der Waals surface area contributed by atoms with Crippen molar-refractivity contribution in [3.8, 4) is 0 Å². The Hall–Kier alpha value is -0.330. The van der Waals surface area contributed by atoms with E-state index in [1.807, 2.05) is 27.7 Å². The molecular formula is C15H32O. The Morgan fingerprint density at radius 1 is 1.06 bits per heavy atom. The van der Waals surface area contributed by atoms with Gasteiger partial charge in [-0.25, -0.2) is 0 Å². The fourth-order valence-electron chi connectivity index (χ4n) is 1.86.